The van der Waals surface area contributed by atoms with Crippen LogP contribution in [0.4, 0.5) is 8.78 Å². The van der Waals surface area contributed by atoms with Crippen LogP contribution in [0.15, 0.2) is 36.5 Å². The normalized spacial score (nSPS) is 10.3. The summed E-state index contributed by atoms with van der Waals surface area (Å²) in [6, 6.07) is 6.37. The molecule has 0 aliphatic carbocycles. The fourth-order valence-electron chi connectivity index (χ4n) is 1.57. The summed E-state index contributed by atoms with van der Waals surface area (Å²) in [5, 5.41) is 8.58. The number of carboxylic acids is 1. The van der Waals surface area contributed by atoms with Crippen LogP contribution in [0.5, 0.6) is 0 Å². The van der Waals surface area contributed by atoms with Gasteiger partial charge in [0.25, 0.3) is 0 Å². The maximum absolute atomic E-state index is 13.7. The molecular weight excluding hydrogens is 240 g/mol. The Labute approximate surface area is 102 Å². The van der Waals surface area contributed by atoms with Crippen LogP contribution in [0.1, 0.15) is 5.56 Å². The highest BCUT2D eigenvalue weighted by molar-refractivity contribution is 5.70. The number of halogens is 2. The molecular formula is C13H9F2NO2. The van der Waals surface area contributed by atoms with Crippen molar-refractivity contribution >= 4 is 5.97 Å². The molecule has 1 aromatic heterocycles. The molecule has 1 aromatic carbocycles. The fraction of sp³-hybridized carbons (Fsp3) is 0.0769. The maximum atomic E-state index is 13.7. The van der Waals surface area contributed by atoms with Crippen LogP contribution in [-0.4, -0.2) is 16.1 Å². The molecule has 1 heterocycles. The summed E-state index contributed by atoms with van der Waals surface area (Å²) in [4.78, 5) is 14.4. The van der Waals surface area contributed by atoms with Gasteiger partial charge in [-0.25, -0.2) is 8.78 Å². The molecule has 92 valence electrons. The highest BCUT2D eigenvalue weighted by Crippen LogP contribution is 2.21. The van der Waals surface area contributed by atoms with Crippen LogP contribution >= 0.6 is 0 Å². The molecule has 0 spiro atoms. The Morgan fingerprint density at radius 1 is 1.22 bits per heavy atom. The average Bonchev–Trinajstić information content (AvgIpc) is 2.30. The summed E-state index contributed by atoms with van der Waals surface area (Å²) in [5.41, 5.74) is 0.797. The summed E-state index contributed by atoms with van der Waals surface area (Å²) in [6.07, 6.45) is 1.02. The zero-order valence-corrected chi connectivity index (χ0v) is 9.23. The summed E-state index contributed by atoms with van der Waals surface area (Å²) >= 11 is 0. The van der Waals surface area contributed by atoms with E-state index in [9.17, 15) is 13.6 Å². The molecule has 2 aromatic rings. The largest absolute Gasteiger partial charge is 0.481 e. The first-order chi connectivity index (χ1) is 8.56. The van der Waals surface area contributed by atoms with Crippen molar-refractivity contribution in [1.29, 1.82) is 0 Å². The van der Waals surface area contributed by atoms with Gasteiger partial charge in [0.1, 0.15) is 17.3 Å². The lowest BCUT2D eigenvalue weighted by Crippen LogP contribution is -2.02. The van der Waals surface area contributed by atoms with Gasteiger partial charge in [-0.1, -0.05) is 0 Å². The van der Waals surface area contributed by atoms with Crippen molar-refractivity contribution in [2.75, 3.05) is 0 Å². The average molecular weight is 249 g/mol. The smallest absolute Gasteiger partial charge is 0.307 e. The first kappa shape index (κ1) is 12.2. The monoisotopic (exact) mass is 249 g/mol. The van der Waals surface area contributed by atoms with Gasteiger partial charge in [0.2, 0.25) is 0 Å². The molecule has 0 aliphatic heterocycles. The van der Waals surface area contributed by atoms with Crippen LogP contribution in [0.25, 0.3) is 11.3 Å². The zero-order chi connectivity index (χ0) is 13.1. The van der Waals surface area contributed by atoms with E-state index >= 15 is 0 Å². The van der Waals surface area contributed by atoms with Gasteiger partial charge in [-0.05, 0) is 35.9 Å². The Hall–Kier alpha value is -2.30. The summed E-state index contributed by atoms with van der Waals surface area (Å²) in [5.74, 6) is -2.09. The second kappa shape index (κ2) is 4.91. The number of carboxylic acid groups (broad SMARTS) is 1. The Bertz CT molecular complexity index is 582. The maximum Gasteiger partial charge on any atom is 0.307 e. The molecule has 3 nitrogen and oxygen atoms in total. The first-order valence-electron chi connectivity index (χ1n) is 5.18. The molecule has 0 saturated carbocycles. The second-order valence-electron chi connectivity index (χ2n) is 3.75. The van der Waals surface area contributed by atoms with Crippen molar-refractivity contribution in [3.8, 4) is 11.3 Å². The summed E-state index contributed by atoms with van der Waals surface area (Å²) in [7, 11) is 0. The predicted octanol–water partition coefficient (Wildman–Crippen LogP) is 2.65. The molecule has 5 heteroatoms. The molecule has 0 saturated heterocycles. The minimum Gasteiger partial charge on any atom is -0.481 e. The Morgan fingerprint density at radius 3 is 2.44 bits per heavy atom. The third-order valence-electron chi connectivity index (χ3n) is 2.37. The second-order valence-corrected chi connectivity index (χ2v) is 3.75. The minimum atomic E-state index is -1.05. The first-order valence-corrected chi connectivity index (χ1v) is 5.18. The van der Waals surface area contributed by atoms with E-state index in [1.807, 2.05) is 0 Å². The van der Waals surface area contributed by atoms with Crippen molar-refractivity contribution in [3.05, 3.63) is 53.7 Å². The molecule has 0 atom stereocenters. The van der Waals surface area contributed by atoms with Gasteiger partial charge in [0.05, 0.1) is 6.42 Å². The van der Waals surface area contributed by atoms with Crippen LogP contribution in [0.3, 0.4) is 0 Å². The van der Waals surface area contributed by atoms with Crippen molar-refractivity contribution in [2.45, 2.75) is 6.42 Å². The van der Waals surface area contributed by atoms with E-state index in [0.29, 0.717) is 5.56 Å². The Balaban J connectivity index is 2.35. The van der Waals surface area contributed by atoms with Crippen LogP contribution in [0, 0.1) is 11.6 Å². The highest BCUT2D eigenvalue weighted by Gasteiger charge is 2.09. The number of benzene rings is 1. The SMILES string of the molecule is O=C(O)Cc1cnc(-c2ccc(F)cc2)c(F)c1. The molecule has 1 N–H and O–H groups in total. The fourth-order valence-corrected chi connectivity index (χ4v) is 1.57. The van der Waals surface area contributed by atoms with Crippen molar-refractivity contribution < 1.29 is 18.7 Å². The van der Waals surface area contributed by atoms with Crippen molar-refractivity contribution in [3.63, 3.8) is 0 Å². The molecule has 18 heavy (non-hydrogen) atoms. The zero-order valence-electron chi connectivity index (χ0n) is 9.23. The molecule has 0 amide bonds. The van der Waals surface area contributed by atoms with Crippen LogP contribution < -0.4 is 0 Å². The van der Waals surface area contributed by atoms with E-state index in [2.05, 4.69) is 4.98 Å². The van der Waals surface area contributed by atoms with E-state index in [1.165, 1.54) is 30.5 Å². The summed E-state index contributed by atoms with van der Waals surface area (Å²) in [6.45, 7) is 0. The third kappa shape index (κ3) is 2.68. The lowest BCUT2D eigenvalue weighted by Gasteiger charge is -2.04. The molecule has 2 rings (SSSR count). The van der Waals surface area contributed by atoms with Gasteiger partial charge in [-0.2, -0.15) is 0 Å². The number of aromatic nitrogens is 1. The van der Waals surface area contributed by atoms with Crippen LogP contribution in [-0.2, 0) is 11.2 Å². The Kier molecular flexibility index (Phi) is 3.32. The highest BCUT2D eigenvalue weighted by atomic mass is 19.1. The molecule has 0 unspecified atom stereocenters. The lowest BCUT2D eigenvalue weighted by atomic mass is 10.1. The summed E-state index contributed by atoms with van der Waals surface area (Å²) < 4.78 is 26.5. The standard InChI is InChI=1S/C13H9F2NO2/c14-10-3-1-9(2-4-10)13-11(15)5-8(7-16-13)6-12(17)18/h1-5,7H,6H2,(H,17,18). The number of carbonyl (C=O) groups is 1. The van der Waals surface area contributed by atoms with Gasteiger partial charge in [-0.15, -0.1) is 0 Å². The lowest BCUT2D eigenvalue weighted by molar-refractivity contribution is -0.136. The number of nitrogens with zero attached hydrogens (tertiary/aromatic N) is 1. The van der Waals surface area contributed by atoms with E-state index in [4.69, 9.17) is 5.11 Å². The predicted molar refractivity (Wildman–Crippen MR) is 60.9 cm³/mol. The number of rotatable bonds is 3. The Morgan fingerprint density at radius 2 is 1.89 bits per heavy atom. The number of hydrogen-bond donors (Lipinski definition) is 1. The van der Waals surface area contributed by atoms with E-state index < -0.39 is 17.6 Å². The third-order valence-corrected chi connectivity index (χ3v) is 2.37. The number of aliphatic carboxylic acids is 1. The quantitative estimate of drug-likeness (QED) is 0.909. The molecule has 0 radical (unpaired) electrons. The van der Waals surface area contributed by atoms with E-state index in [0.717, 1.165) is 6.07 Å². The number of hydrogen-bond acceptors (Lipinski definition) is 2. The van der Waals surface area contributed by atoms with Gasteiger partial charge < -0.3 is 5.11 Å². The van der Waals surface area contributed by atoms with E-state index in [-0.39, 0.29) is 17.7 Å². The molecule has 0 aliphatic rings. The molecule has 0 bridgehead atoms. The topological polar surface area (TPSA) is 50.2 Å². The van der Waals surface area contributed by atoms with Crippen molar-refractivity contribution in [1.82, 2.24) is 4.98 Å². The molecule has 0 fully saturated rings. The van der Waals surface area contributed by atoms with Crippen LogP contribution in [0.2, 0.25) is 0 Å². The van der Waals surface area contributed by atoms with Gasteiger partial charge >= 0.3 is 5.97 Å². The van der Waals surface area contributed by atoms with Gasteiger partial charge in [0.15, 0.2) is 0 Å². The van der Waals surface area contributed by atoms with Crippen molar-refractivity contribution in [2.24, 2.45) is 0 Å². The van der Waals surface area contributed by atoms with Gasteiger partial charge in [-0.3, -0.25) is 9.78 Å². The van der Waals surface area contributed by atoms with E-state index in [1.54, 1.807) is 0 Å². The number of pyridine rings is 1. The minimum absolute atomic E-state index is 0.0733. The van der Waals surface area contributed by atoms with Gasteiger partial charge in [0, 0.05) is 11.8 Å².